The van der Waals surface area contributed by atoms with Crippen LogP contribution < -0.4 is 10.1 Å². The van der Waals surface area contributed by atoms with E-state index in [0.717, 1.165) is 30.8 Å². The summed E-state index contributed by atoms with van der Waals surface area (Å²) in [5, 5.41) is 12.0. The second kappa shape index (κ2) is 9.75. The van der Waals surface area contributed by atoms with Gasteiger partial charge in [0.2, 0.25) is 5.91 Å². The Labute approximate surface area is 169 Å². The molecule has 1 fully saturated rings. The highest BCUT2D eigenvalue weighted by Gasteiger charge is 2.23. The van der Waals surface area contributed by atoms with Crippen LogP contribution in [0.2, 0.25) is 0 Å². The molecule has 150 valence electrons. The maximum atomic E-state index is 12.5. The summed E-state index contributed by atoms with van der Waals surface area (Å²) in [4.78, 5) is 12.5. The number of carbonyl (C=O) groups excluding carboxylic acids is 1. The fourth-order valence-corrected chi connectivity index (χ4v) is 3.96. The number of nitrogens with one attached hydrogen (secondary N) is 1. The number of benzene rings is 1. The predicted molar refractivity (Wildman–Crippen MR) is 110 cm³/mol. The Balaban J connectivity index is 1.73. The fourth-order valence-electron chi connectivity index (χ4n) is 3.07. The molecule has 2 heterocycles. The molecule has 1 saturated heterocycles. The van der Waals surface area contributed by atoms with Crippen molar-refractivity contribution in [3.63, 3.8) is 0 Å². The van der Waals surface area contributed by atoms with Gasteiger partial charge < -0.3 is 14.8 Å². The molecular weight excluding hydrogens is 376 g/mol. The third-order valence-corrected chi connectivity index (χ3v) is 5.64. The van der Waals surface area contributed by atoms with Crippen molar-refractivity contribution in [1.29, 1.82) is 0 Å². The van der Waals surface area contributed by atoms with E-state index in [9.17, 15) is 4.79 Å². The number of para-hydroxylation sites is 1. The van der Waals surface area contributed by atoms with E-state index in [1.165, 1.54) is 11.8 Å². The third kappa shape index (κ3) is 4.74. The van der Waals surface area contributed by atoms with Gasteiger partial charge in [0.15, 0.2) is 11.0 Å². The number of rotatable bonds is 9. The largest absolute Gasteiger partial charge is 0.496 e. The maximum absolute atomic E-state index is 12.5. The lowest BCUT2D eigenvalue weighted by molar-refractivity contribution is -0.120. The number of carbonyl (C=O) groups is 1. The van der Waals surface area contributed by atoms with Crippen LogP contribution in [0.15, 0.2) is 42.1 Å². The number of hydrogen-bond donors (Lipinski definition) is 1. The topological polar surface area (TPSA) is 78.3 Å². The molecule has 1 aliphatic heterocycles. The number of allylic oxidation sites excluding steroid dienone is 1. The first kappa shape index (κ1) is 20.4. The number of amides is 1. The Morgan fingerprint density at radius 1 is 1.50 bits per heavy atom. The molecule has 2 aromatic rings. The number of aromatic nitrogens is 3. The lowest BCUT2D eigenvalue weighted by atomic mass is 10.2. The highest BCUT2D eigenvalue weighted by atomic mass is 32.2. The van der Waals surface area contributed by atoms with Crippen molar-refractivity contribution < 1.29 is 14.3 Å². The molecule has 1 N–H and O–H groups in total. The minimum absolute atomic E-state index is 0.0347. The molecule has 28 heavy (non-hydrogen) atoms. The van der Waals surface area contributed by atoms with Gasteiger partial charge in [-0.1, -0.05) is 30.0 Å². The average Bonchev–Trinajstić information content (AvgIpc) is 3.37. The van der Waals surface area contributed by atoms with Gasteiger partial charge >= 0.3 is 0 Å². The van der Waals surface area contributed by atoms with E-state index in [-0.39, 0.29) is 17.3 Å². The van der Waals surface area contributed by atoms with Crippen LogP contribution in [0.5, 0.6) is 5.75 Å². The Bertz CT molecular complexity index is 818. The summed E-state index contributed by atoms with van der Waals surface area (Å²) in [7, 11) is 1.63. The van der Waals surface area contributed by atoms with Gasteiger partial charge in [0, 0.05) is 19.7 Å². The first-order valence-electron chi connectivity index (χ1n) is 9.37. The molecule has 0 radical (unpaired) electrons. The molecule has 0 saturated carbocycles. The highest BCUT2D eigenvalue weighted by Crippen LogP contribution is 2.32. The van der Waals surface area contributed by atoms with Crippen LogP contribution in [0.4, 0.5) is 0 Å². The van der Waals surface area contributed by atoms with E-state index in [4.69, 9.17) is 9.47 Å². The smallest absolute Gasteiger partial charge is 0.233 e. The third-order valence-electron chi connectivity index (χ3n) is 4.56. The predicted octanol–water partition coefficient (Wildman–Crippen LogP) is 2.92. The number of ether oxygens (including phenoxy) is 2. The van der Waals surface area contributed by atoms with Crippen LogP contribution >= 0.6 is 11.8 Å². The van der Waals surface area contributed by atoms with Gasteiger partial charge in [-0.25, -0.2) is 0 Å². The number of methoxy groups -OCH3 is 1. The molecule has 0 bridgehead atoms. The van der Waals surface area contributed by atoms with Crippen molar-refractivity contribution in [3.05, 3.63) is 36.9 Å². The van der Waals surface area contributed by atoms with Crippen molar-refractivity contribution in [2.45, 2.75) is 42.8 Å². The number of hydrogen-bond acceptors (Lipinski definition) is 6. The van der Waals surface area contributed by atoms with Crippen LogP contribution in [0.25, 0.3) is 11.4 Å². The molecule has 8 heteroatoms. The Kier molecular flexibility index (Phi) is 7.11. The normalized spacial score (nSPS) is 17.3. The minimum Gasteiger partial charge on any atom is -0.496 e. The quantitative estimate of drug-likeness (QED) is 0.513. The minimum atomic E-state index is -0.306. The van der Waals surface area contributed by atoms with E-state index in [1.54, 1.807) is 13.2 Å². The van der Waals surface area contributed by atoms with Crippen LogP contribution in [0.1, 0.15) is 19.8 Å². The first-order chi connectivity index (χ1) is 13.6. The van der Waals surface area contributed by atoms with Gasteiger partial charge in [0.1, 0.15) is 5.75 Å². The molecule has 1 aromatic heterocycles. The summed E-state index contributed by atoms with van der Waals surface area (Å²) in [6.45, 7) is 7.56. The molecule has 0 aliphatic carbocycles. The average molecular weight is 403 g/mol. The van der Waals surface area contributed by atoms with Crippen LogP contribution in [0, 0.1) is 0 Å². The van der Waals surface area contributed by atoms with Gasteiger partial charge in [-0.05, 0) is 31.9 Å². The summed E-state index contributed by atoms with van der Waals surface area (Å²) < 4.78 is 13.0. The summed E-state index contributed by atoms with van der Waals surface area (Å²) in [6, 6.07) is 7.66. The molecule has 7 nitrogen and oxygen atoms in total. The SMILES string of the molecule is C=CCn1c(S[C@@H](C)C(=O)NC[C@H]2CCCO2)nnc1-c1ccccc1OC. The molecule has 0 unspecified atom stereocenters. The lowest BCUT2D eigenvalue weighted by Gasteiger charge is -2.15. The standard InChI is InChI=1S/C20H26N4O3S/c1-4-11-24-18(16-9-5-6-10-17(16)26-3)22-23-20(24)28-14(2)19(25)21-13-15-8-7-12-27-15/h4-6,9-10,14-15H,1,7-8,11-13H2,2-3H3,(H,21,25)/t14-,15+/m0/s1. The zero-order valence-electron chi connectivity index (χ0n) is 16.3. The van der Waals surface area contributed by atoms with Crippen molar-refractivity contribution in [2.24, 2.45) is 0 Å². The van der Waals surface area contributed by atoms with Crippen molar-refractivity contribution in [1.82, 2.24) is 20.1 Å². The van der Waals surface area contributed by atoms with Gasteiger partial charge in [0.05, 0.1) is 24.0 Å². The fraction of sp³-hybridized carbons (Fsp3) is 0.450. The van der Waals surface area contributed by atoms with Crippen molar-refractivity contribution in [3.8, 4) is 17.1 Å². The van der Waals surface area contributed by atoms with E-state index in [2.05, 4.69) is 22.1 Å². The summed E-state index contributed by atoms with van der Waals surface area (Å²) in [5.41, 5.74) is 0.849. The zero-order chi connectivity index (χ0) is 19.9. The Morgan fingerprint density at radius 2 is 2.32 bits per heavy atom. The first-order valence-corrected chi connectivity index (χ1v) is 10.3. The van der Waals surface area contributed by atoms with Gasteiger partial charge in [-0.15, -0.1) is 16.8 Å². The van der Waals surface area contributed by atoms with Gasteiger partial charge in [0.25, 0.3) is 0 Å². The zero-order valence-corrected chi connectivity index (χ0v) is 17.1. The van der Waals surface area contributed by atoms with E-state index < -0.39 is 0 Å². The molecule has 1 aliphatic rings. The van der Waals surface area contributed by atoms with Crippen LogP contribution in [-0.4, -0.2) is 52.3 Å². The monoisotopic (exact) mass is 402 g/mol. The number of nitrogens with zero attached hydrogens (tertiary/aromatic N) is 3. The van der Waals surface area contributed by atoms with Crippen LogP contribution in [0.3, 0.4) is 0 Å². The van der Waals surface area contributed by atoms with Crippen molar-refractivity contribution >= 4 is 17.7 Å². The molecule has 3 rings (SSSR count). The highest BCUT2D eigenvalue weighted by molar-refractivity contribution is 8.00. The van der Waals surface area contributed by atoms with Crippen LogP contribution in [-0.2, 0) is 16.1 Å². The second-order valence-electron chi connectivity index (χ2n) is 6.55. The number of thioether (sulfide) groups is 1. The summed E-state index contributed by atoms with van der Waals surface area (Å²) in [6.07, 6.45) is 3.97. The van der Waals surface area contributed by atoms with E-state index >= 15 is 0 Å². The Hall–Kier alpha value is -2.32. The Morgan fingerprint density at radius 3 is 3.04 bits per heavy atom. The van der Waals surface area contributed by atoms with Gasteiger partial charge in [-0.2, -0.15) is 0 Å². The summed E-state index contributed by atoms with van der Waals surface area (Å²) in [5.74, 6) is 1.37. The van der Waals surface area contributed by atoms with E-state index in [1.807, 2.05) is 35.8 Å². The lowest BCUT2D eigenvalue weighted by Crippen LogP contribution is -2.36. The molecule has 1 aromatic carbocycles. The van der Waals surface area contributed by atoms with Crippen molar-refractivity contribution in [2.75, 3.05) is 20.3 Å². The molecule has 2 atom stereocenters. The summed E-state index contributed by atoms with van der Waals surface area (Å²) >= 11 is 1.38. The molecule has 0 spiro atoms. The molecular formula is C20H26N4O3S. The maximum Gasteiger partial charge on any atom is 0.233 e. The second-order valence-corrected chi connectivity index (χ2v) is 7.85. The molecule has 1 amide bonds. The van der Waals surface area contributed by atoms with Gasteiger partial charge in [-0.3, -0.25) is 9.36 Å². The van der Waals surface area contributed by atoms with E-state index in [0.29, 0.717) is 24.1 Å².